The summed E-state index contributed by atoms with van der Waals surface area (Å²) in [5.74, 6) is -0.156. The SMILES string of the molecule is CC(C)=CCC/C(C)=C/COC1CC(=O)OC1C. The van der Waals surface area contributed by atoms with E-state index in [9.17, 15) is 4.79 Å². The summed E-state index contributed by atoms with van der Waals surface area (Å²) in [7, 11) is 0. The molecule has 0 aromatic heterocycles. The monoisotopic (exact) mass is 252 g/mol. The summed E-state index contributed by atoms with van der Waals surface area (Å²) >= 11 is 0. The molecule has 0 N–H and O–H groups in total. The van der Waals surface area contributed by atoms with Gasteiger partial charge in [-0.2, -0.15) is 0 Å². The van der Waals surface area contributed by atoms with Gasteiger partial charge in [0, 0.05) is 0 Å². The van der Waals surface area contributed by atoms with E-state index in [1.807, 2.05) is 6.92 Å². The van der Waals surface area contributed by atoms with Gasteiger partial charge in [0.2, 0.25) is 0 Å². The van der Waals surface area contributed by atoms with Gasteiger partial charge < -0.3 is 9.47 Å². The molecule has 0 radical (unpaired) electrons. The lowest BCUT2D eigenvalue weighted by Crippen LogP contribution is -2.21. The molecule has 0 saturated carbocycles. The van der Waals surface area contributed by atoms with Gasteiger partial charge in [-0.1, -0.05) is 23.3 Å². The standard InChI is InChI=1S/C15H24O3/c1-11(2)6-5-7-12(3)8-9-17-14-10-15(16)18-13(14)4/h6,8,13-14H,5,7,9-10H2,1-4H3/b12-8+. The molecule has 1 aliphatic heterocycles. The summed E-state index contributed by atoms with van der Waals surface area (Å²) in [5.41, 5.74) is 2.68. The van der Waals surface area contributed by atoms with Crippen molar-refractivity contribution in [3.63, 3.8) is 0 Å². The molecule has 0 bridgehead atoms. The number of ether oxygens (including phenoxy) is 2. The maximum Gasteiger partial charge on any atom is 0.308 e. The third-order valence-electron chi connectivity index (χ3n) is 3.04. The third kappa shape index (κ3) is 5.50. The molecule has 3 heteroatoms. The number of esters is 1. The van der Waals surface area contributed by atoms with Crippen LogP contribution in [0, 0.1) is 0 Å². The van der Waals surface area contributed by atoms with E-state index in [2.05, 4.69) is 32.9 Å². The third-order valence-corrected chi connectivity index (χ3v) is 3.04. The zero-order valence-electron chi connectivity index (χ0n) is 11.9. The van der Waals surface area contributed by atoms with Crippen molar-refractivity contribution >= 4 is 5.97 Å². The quantitative estimate of drug-likeness (QED) is 0.537. The fourth-order valence-corrected chi connectivity index (χ4v) is 1.86. The van der Waals surface area contributed by atoms with E-state index in [0.29, 0.717) is 13.0 Å². The molecule has 2 atom stereocenters. The Morgan fingerprint density at radius 2 is 2.11 bits per heavy atom. The highest BCUT2D eigenvalue weighted by Gasteiger charge is 2.31. The molecule has 3 nitrogen and oxygen atoms in total. The first kappa shape index (κ1) is 15.0. The molecule has 0 amide bonds. The molecular weight excluding hydrogens is 228 g/mol. The molecule has 1 rings (SSSR count). The minimum absolute atomic E-state index is 0.0840. The van der Waals surface area contributed by atoms with Gasteiger partial charge in [0.25, 0.3) is 0 Å². The highest BCUT2D eigenvalue weighted by atomic mass is 16.6. The highest BCUT2D eigenvalue weighted by molar-refractivity contribution is 5.72. The number of hydrogen-bond acceptors (Lipinski definition) is 3. The Morgan fingerprint density at radius 1 is 1.39 bits per heavy atom. The topological polar surface area (TPSA) is 35.5 Å². The maximum absolute atomic E-state index is 11.0. The van der Waals surface area contributed by atoms with E-state index >= 15 is 0 Å². The predicted octanol–water partition coefficient (Wildman–Crippen LogP) is 3.40. The molecule has 1 saturated heterocycles. The van der Waals surface area contributed by atoms with Crippen LogP contribution in [0.4, 0.5) is 0 Å². The van der Waals surface area contributed by atoms with Crippen molar-refractivity contribution in [1.82, 2.24) is 0 Å². The van der Waals surface area contributed by atoms with E-state index in [1.54, 1.807) is 0 Å². The minimum atomic E-state index is -0.156. The van der Waals surface area contributed by atoms with Gasteiger partial charge in [-0.15, -0.1) is 0 Å². The van der Waals surface area contributed by atoms with Crippen LogP contribution in [0.5, 0.6) is 0 Å². The van der Waals surface area contributed by atoms with Gasteiger partial charge in [-0.25, -0.2) is 0 Å². The van der Waals surface area contributed by atoms with Gasteiger partial charge in [-0.3, -0.25) is 4.79 Å². The van der Waals surface area contributed by atoms with E-state index in [-0.39, 0.29) is 18.2 Å². The van der Waals surface area contributed by atoms with Crippen molar-refractivity contribution < 1.29 is 14.3 Å². The van der Waals surface area contributed by atoms with E-state index in [1.165, 1.54) is 11.1 Å². The molecule has 1 fully saturated rings. The number of carbonyl (C=O) groups is 1. The Kier molecular flexibility index (Phi) is 6.13. The molecule has 1 heterocycles. The van der Waals surface area contributed by atoms with Gasteiger partial charge in [0.05, 0.1) is 13.0 Å². The average molecular weight is 252 g/mol. The molecule has 0 aromatic rings. The first-order chi connectivity index (χ1) is 8.49. The van der Waals surface area contributed by atoms with Gasteiger partial charge in [0.1, 0.15) is 12.2 Å². The van der Waals surface area contributed by atoms with Gasteiger partial charge in [0.15, 0.2) is 0 Å². The van der Waals surface area contributed by atoms with Crippen LogP contribution in [0.3, 0.4) is 0 Å². The first-order valence-corrected chi connectivity index (χ1v) is 6.59. The van der Waals surface area contributed by atoms with Crippen LogP contribution in [-0.4, -0.2) is 24.8 Å². The zero-order chi connectivity index (χ0) is 13.5. The molecular formula is C15H24O3. The second-order valence-electron chi connectivity index (χ2n) is 5.14. The summed E-state index contributed by atoms with van der Waals surface area (Å²) < 4.78 is 10.7. The lowest BCUT2D eigenvalue weighted by molar-refractivity contribution is -0.141. The number of cyclic esters (lactones) is 1. The number of carbonyl (C=O) groups excluding carboxylic acids is 1. The molecule has 102 valence electrons. The number of allylic oxidation sites excluding steroid dienone is 3. The number of rotatable bonds is 6. The normalized spacial score (nSPS) is 24.0. The Hall–Kier alpha value is -1.09. The van der Waals surface area contributed by atoms with Crippen LogP contribution < -0.4 is 0 Å². The van der Waals surface area contributed by atoms with Crippen molar-refractivity contribution in [3.05, 3.63) is 23.3 Å². The largest absolute Gasteiger partial charge is 0.460 e. The van der Waals surface area contributed by atoms with Crippen LogP contribution in [-0.2, 0) is 14.3 Å². The molecule has 2 unspecified atom stereocenters. The van der Waals surface area contributed by atoms with Crippen LogP contribution in [0.15, 0.2) is 23.3 Å². The van der Waals surface area contributed by atoms with Crippen molar-refractivity contribution in [1.29, 1.82) is 0 Å². The maximum atomic E-state index is 11.0. The summed E-state index contributed by atoms with van der Waals surface area (Å²) in [6.07, 6.45) is 6.65. The van der Waals surface area contributed by atoms with Gasteiger partial charge >= 0.3 is 5.97 Å². The fourth-order valence-electron chi connectivity index (χ4n) is 1.86. The molecule has 1 aliphatic rings. The second-order valence-corrected chi connectivity index (χ2v) is 5.14. The van der Waals surface area contributed by atoms with Crippen LogP contribution >= 0.6 is 0 Å². The Bertz CT molecular complexity index is 338. The van der Waals surface area contributed by atoms with Crippen LogP contribution in [0.2, 0.25) is 0 Å². The van der Waals surface area contributed by atoms with Crippen molar-refractivity contribution in [2.75, 3.05) is 6.61 Å². The van der Waals surface area contributed by atoms with Crippen LogP contribution in [0.25, 0.3) is 0 Å². The van der Waals surface area contributed by atoms with Gasteiger partial charge in [-0.05, 0) is 40.5 Å². The molecule has 0 spiro atoms. The zero-order valence-corrected chi connectivity index (χ0v) is 11.9. The average Bonchev–Trinajstić information content (AvgIpc) is 2.57. The summed E-state index contributed by atoms with van der Waals surface area (Å²) in [6.45, 7) is 8.77. The molecule has 0 aromatic carbocycles. The summed E-state index contributed by atoms with van der Waals surface area (Å²) in [4.78, 5) is 11.0. The minimum Gasteiger partial charge on any atom is -0.460 e. The van der Waals surface area contributed by atoms with E-state index in [0.717, 1.165) is 12.8 Å². The predicted molar refractivity (Wildman–Crippen MR) is 72.3 cm³/mol. The van der Waals surface area contributed by atoms with Crippen molar-refractivity contribution in [3.8, 4) is 0 Å². The number of hydrogen-bond donors (Lipinski definition) is 0. The fraction of sp³-hybridized carbons (Fsp3) is 0.667. The molecule has 18 heavy (non-hydrogen) atoms. The molecule has 0 aliphatic carbocycles. The van der Waals surface area contributed by atoms with E-state index in [4.69, 9.17) is 9.47 Å². The lowest BCUT2D eigenvalue weighted by atomic mass is 10.1. The summed E-state index contributed by atoms with van der Waals surface area (Å²) in [5, 5.41) is 0. The van der Waals surface area contributed by atoms with E-state index < -0.39 is 0 Å². The summed E-state index contributed by atoms with van der Waals surface area (Å²) in [6, 6.07) is 0. The van der Waals surface area contributed by atoms with Crippen molar-refractivity contribution in [2.45, 2.75) is 59.2 Å². The van der Waals surface area contributed by atoms with Crippen molar-refractivity contribution in [2.24, 2.45) is 0 Å². The first-order valence-electron chi connectivity index (χ1n) is 6.59. The smallest absolute Gasteiger partial charge is 0.308 e. The Balaban J connectivity index is 2.23. The lowest BCUT2D eigenvalue weighted by Gasteiger charge is -2.12. The van der Waals surface area contributed by atoms with Crippen LogP contribution in [0.1, 0.15) is 47.0 Å². The Labute approximate surface area is 110 Å². The Morgan fingerprint density at radius 3 is 2.67 bits per heavy atom. The highest BCUT2D eigenvalue weighted by Crippen LogP contribution is 2.18. The second kappa shape index (κ2) is 7.37.